The molecule has 130 valence electrons. The molecule has 1 aromatic rings. The van der Waals surface area contributed by atoms with Gasteiger partial charge in [-0.2, -0.15) is 0 Å². The average Bonchev–Trinajstić information content (AvgIpc) is 3.45. The van der Waals surface area contributed by atoms with Gasteiger partial charge in [-0.05, 0) is 19.1 Å². The predicted octanol–water partition coefficient (Wildman–Crippen LogP) is 0.758. The number of allylic oxidation sites excluding steroid dienone is 1. The van der Waals surface area contributed by atoms with Crippen LogP contribution in [0.25, 0.3) is 0 Å². The molecule has 0 saturated carbocycles. The van der Waals surface area contributed by atoms with Crippen molar-refractivity contribution in [1.82, 2.24) is 14.7 Å². The summed E-state index contributed by atoms with van der Waals surface area (Å²) >= 11 is 0. The number of hydrogen-bond acceptors (Lipinski definition) is 6. The first-order valence-corrected chi connectivity index (χ1v) is 8.66. The number of ketones is 2. The molecular formula is C19H22N4O2. The van der Waals surface area contributed by atoms with Crippen molar-refractivity contribution in [1.29, 1.82) is 0 Å². The van der Waals surface area contributed by atoms with Crippen molar-refractivity contribution in [2.45, 2.75) is 6.92 Å². The first kappa shape index (κ1) is 15.7. The van der Waals surface area contributed by atoms with Gasteiger partial charge in [0.1, 0.15) is 11.4 Å². The molecule has 25 heavy (non-hydrogen) atoms. The topological polar surface area (TPSA) is 69.2 Å². The highest BCUT2D eigenvalue weighted by molar-refractivity contribution is 6.22. The number of anilines is 1. The number of carbonyl (C=O) groups is 2. The molecule has 6 heteroatoms. The van der Waals surface area contributed by atoms with Crippen LogP contribution in [0.3, 0.4) is 0 Å². The second-order valence-corrected chi connectivity index (χ2v) is 6.79. The average molecular weight is 338 g/mol. The number of rotatable bonds is 3. The van der Waals surface area contributed by atoms with E-state index in [2.05, 4.69) is 0 Å². The Morgan fingerprint density at radius 1 is 0.800 bits per heavy atom. The summed E-state index contributed by atoms with van der Waals surface area (Å²) < 4.78 is 0. The molecule has 3 fully saturated rings. The minimum Gasteiger partial charge on any atom is -0.399 e. The summed E-state index contributed by atoms with van der Waals surface area (Å²) in [4.78, 5) is 30.5. The number of carbonyl (C=O) groups excluding carboxylic acids is 2. The molecule has 0 unspecified atom stereocenters. The Kier molecular flexibility index (Phi) is 3.75. The van der Waals surface area contributed by atoms with Crippen LogP contribution in [-0.4, -0.2) is 65.5 Å². The molecule has 0 atom stereocenters. The van der Waals surface area contributed by atoms with Gasteiger partial charge < -0.3 is 20.4 Å². The van der Waals surface area contributed by atoms with Crippen molar-refractivity contribution in [2.24, 2.45) is 0 Å². The smallest absolute Gasteiger partial charge is 0.227 e. The van der Waals surface area contributed by atoms with Gasteiger partial charge in [0.2, 0.25) is 11.6 Å². The summed E-state index contributed by atoms with van der Waals surface area (Å²) in [5, 5.41) is 0. The van der Waals surface area contributed by atoms with Crippen LogP contribution < -0.4 is 5.73 Å². The Bertz CT molecular complexity index is 761. The molecule has 1 aliphatic carbocycles. The van der Waals surface area contributed by atoms with Crippen LogP contribution in [0.15, 0.2) is 47.4 Å². The first-order chi connectivity index (χ1) is 12.0. The van der Waals surface area contributed by atoms with Gasteiger partial charge in [-0.25, -0.2) is 0 Å². The summed E-state index contributed by atoms with van der Waals surface area (Å²) in [7, 11) is 0. The fourth-order valence-corrected chi connectivity index (χ4v) is 2.84. The Labute approximate surface area is 147 Å². The van der Waals surface area contributed by atoms with Crippen molar-refractivity contribution in [3.05, 3.63) is 53.0 Å². The molecule has 3 heterocycles. The second kappa shape index (κ2) is 5.95. The fraction of sp³-hybridized carbons (Fsp3) is 0.368. The molecule has 5 rings (SSSR count). The number of nitrogens with two attached hydrogens (primary N) is 1. The summed E-state index contributed by atoms with van der Waals surface area (Å²) in [5.41, 5.74) is 9.39. The monoisotopic (exact) mass is 338 g/mol. The molecule has 3 aliphatic heterocycles. The molecular weight excluding hydrogens is 316 g/mol. The number of Topliss-reactive ketones (excluding diaryl/α,β-unsaturated/α-hetero) is 1. The van der Waals surface area contributed by atoms with Crippen molar-refractivity contribution in [2.75, 3.05) is 45.0 Å². The summed E-state index contributed by atoms with van der Waals surface area (Å²) in [6.45, 7) is 7.45. The zero-order valence-corrected chi connectivity index (χ0v) is 14.4. The zero-order chi connectivity index (χ0) is 17.6. The van der Waals surface area contributed by atoms with Gasteiger partial charge in [-0.1, -0.05) is 17.7 Å². The summed E-state index contributed by atoms with van der Waals surface area (Å²) in [6.07, 6.45) is 1.52. The van der Waals surface area contributed by atoms with Gasteiger partial charge in [0.05, 0.1) is 5.70 Å². The maximum atomic E-state index is 12.4. The highest BCUT2D eigenvalue weighted by Crippen LogP contribution is 2.33. The third kappa shape index (κ3) is 3.38. The largest absolute Gasteiger partial charge is 0.399 e. The molecule has 4 aliphatic rings. The van der Waals surface area contributed by atoms with E-state index in [1.165, 1.54) is 11.6 Å². The van der Waals surface area contributed by atoms with Gasteiger partial charge in [-0.3, -0.25) is 9.59 Å². The van der Waals surface area contributed by atoms with Crippen molar-refractivity contribution >= 4 is 17.3 Å². The number of nitrogens with zero attached hydrogens (tertiary/aromatic N) is 3. The number of nitrogen functional groups attached to an aromatic ring is 1. The zero-order valence-electron chi connectivity index (χ0n) is 14.4. The third-order valence-corrected chi connectivity index (χ3v) is 4.57. The lowest BCUT2D eigenvalue weighted by atomic mass is 10.0. The molecule has 0 spiro atoms. The van der Waals surface area contributed by atoms with Crippen molar-refractivity contribution < 1.29 is 9.59 Å². The normalized spacial score (nSPS) is 21.0. The van der Waals surface area contributed by atoms with E-state index in [-0.39, 0.29) is 11.6 Å². The van der Waals surface area contributed by atoms with Gasteiger partial charge in [-0.15, -0.1) is 0 Å². The fourth-order valence-electron chi connectivity index (χ4n) is 2.84. The van der Waals surface area contributed by atoms with Crippen LogP contribution in [0, 0.1) is 6.92 Å². The van der Waals surface area contributed by atoms with Crippen LogP contribution in [0.5, 0.6) is 0 Å². The maximum absolute atomic E-state index is 12.4. The third-order valence-electron chi connectivity index (χ3n) is 4.57. The van der Waals surface area contributed by atoms with Crippen molar-refractivity contribution in [3.63, 3.8) is 0 Å². The SMILES string of the molecule is Cc1ccc(N)cc1.O=C1C=C(N2CC2)C(=O)C(N2CC2)=C1N1CC1. The minimum atomic E-state index is 0.00546. The lowest BCUT2D eigenvalue weighted by molar-refractivity contribution is -0.117. The quantitative estimate of drug-likeness (QED) is 0.498. The van der Waals surface area contributed by atoms with E-state index >= 15 is 0 Å². The Hall–Kier alpha value is -2.76. The molecule has 0 amide bonds. The number of benzene rings is 1. The summed E-state index contributed by atoms with van der Waals surface area (Å²) in [6, 6.07) is 7.79. The van der Waals surface area contributed by atoms with Gasteiger partial charge in [0.15, 0.2) is 0 Å². The standard InChI is InChI=1S/C12H13N3O2.C7H9N/c16-9-7-8(13-1-2-13)12(17)11(15-5-6-15)10(9)14-3-4-14;1-6-2-4-7(8)5-3-6/h7H,1-6H2;2-5H,8H2,1H3. The predicted molar refractivity (Wildman–Crippen MR) is 95.4 cm³/mol. The molecule has 2 N–H and O–H groups in total. The van der Waals surface area contributed by atoms with E-state index in [4.69, 9.17) is 5.73 Å². The van der Waals surface area contributed by atoms with E-state index in [1.54, 1.807) is 0 Å². The lowest BCUT2D eigenvalue weighted by Crippen LogP contribution is -2.29. The van der Waals surface area contributed by atoms with Crippen molar-refractivity contribution in [3.8, 4) is 0 Å². The first-order valence-electron chi connectivity index (χ1n) is 8.66. The molecule has 6 nitrogen and oxygen atoms in total. The molecule has 0 bridgehead atoms. The Morgan fingerprint density at radius 3 is 1.80 bits per heavy atom. The maximum Gasteiger partial charge on any atom is 0.227 e. The molecule has 0 aromatic heterocycles. The molecule has 1 aromatic carbocycles. The van der Waals surface area contributed by atoms with Crippen LogP contribution >= 0.6 is 0 Å². The van der Waals surface area contributed by atoms with Crippen LogP contribution in [0.1, 0.15) is 5.56 Å². The van der Waals surface area contributed by atoms with E-state index in [0.717, 1.165) is 45.0 Å². The number of aryl methyl sites for hydroxylation is 1. The van der Waals surface area contributed by atoms with Gasteiger partial charge in [0, 0.05) is 51.0 Å². The highest BCUT2D eigenvalue weighted by Gasteiger charge is 2.43. The summed E-state index contributed by atoms with van der Waals surface area (Å²) in [5.74, 6) is 0.0485. The Balaban J connectivity index is 0.000000166. The lowest BCUT2D eigenvalue weighted by Gasteiger charge is -2.21. The molecule has 3 saturated heterocycles. The molecule has 0 radical (unpaired) electrons. The van der Waals surface area contributed by atoms with E-state index < -0.39 is 0 Å². The van der Waals surface area contributed by atoms with E-state index in [9.17, 15) is 9.59 Å². The van der Waals surface area contributed by atoms with Crippen LogP contribution in [0.4, 0.5) is 5.69 Å². The minimum absolute atomic E-state index is 0.00546. The number of hydrogen-bond donors (Lipinski definition) is 1. The van der Waals surface area contributed by atoms with Crippen LogP contribution in [0.2, 0.25) is 0 Å². The van der Waals surface area contributed by atoms with E-state index in [0.29, 0.717) is 17.1 Å². The van der Waals surface area contributed by atoms with Crippen LogP contribution in [-0.2, 0) is 9.59 Å². The Morgan fingerprint density at radius 2 is 1.32 bits per heavy atom. The van der Waals surface area contributed by atoms with Gasteiger partial charge in [0.25, 0.3) is 0 Å². The van der Waals surface area contributed by atoms with Gasteiger partial charge >= 0.3 is 0 Å². The second-order valence-electron chi connectivity index (χ2n) is 6.79. The van der Waals surface area contributed by atoms with E-state index in [1.807, 2.05) is 45.9 Å². The highest BCUT2D eigenvalue weighted by atomic mass is 16.1.